The zero-order valence-electron chi connectivity index (χ0n) is 9.50. The van der Waals surface area contributed by atoms with Gasteiger partial charge >= 0.3 is 0 Å². The van der Waals surface area contributed by atoms with Gasteiger partial charge in [-0.05, 0) is 41.4 Å². The van der Waals surface area contributed by atoms with Crippen molar-refractivity contribution >= 4 is 15.9 Å². The van der Waals surface area contributed by atoms with Gasteiger partial charge < -0.3 is 9.47 Å². The summed E-state index contributed by atoms with van der Waals surface area (Å²) in [5.41, 5.74) is 0.810. The van der Waals surface area contributed by atoms with Gasteiger partial charge in [-0.3, -0.25) is 0 Å². The second-order valence-corrected chi connectivity index (χ2v) is 4.48. The Bertz CT molecular complexity index is 329. The molecule has 0 saturated carbocycles. The van der Waals surface area contributed by atoms with Crippen LogP contribution in [0.3, 0.4) is 0 Å². The van der Waals surface area contributed by atoms with Gasteiger partial charge in [0.05, 0.1) is 30.4 Å². The summed E-state index contributed by atoms with van der Waals surface area (Å²) in [5.74, 6) is -0.264. The molecule has 0 aromatic heterocycles. The van der Waals surface area contributed by atoms with Crippen LogP contribution in [0.25, 0.3) is 0 Å². The lowest BCUT2D eigenvalue weighted by Gasteiger charge is -2.09. The molecule has 0 aliphatic rings. The van der Waals surface area contributed by atoms with Crippen molar-refractivity contribution < 1.29 is 13.9 Å². The molecule has 0 radical (unpaired) electrons. The Morgan fingerprint density at radius 1 is 1.31 bits per heavy atom. The first-order chi connectivity index (χ1) is 7.61. The summed E-state index contributed by atoms with van der Waals surface area (Å²) in [5, 5.41) is 0. The van der Waals surface area contributed by atoms with Crippen molar-refractivity contribution in [2.45, 2.75) is 26.6 Å². The molecule has 0 atom stereocenters. The summed E-state index contributed by atoms with van der Waals surface area (Å²) in [4.78, 5) is 0. The average Bonchev–Trinajstić information content (AvgIpc) is 2.23. The molecule has 0 N–H and O–H groups in total. The van der Waals surface area contributed by atoms with Crippen LogP contribution in [0, 0.1) is 5.82 Å². The highest BCUT2D eigenvalue weighted by molar-refractivity contribution is 9.10. The normalized spacial score (nSPS) is 11.1. The summed E-state index contributed by atoms with van der Waals surface area (Å²) < 4.78 is 24.3. The van der Waals surface area contributed by atoms with Crippen LogP contribution in [0.1, 0.15) is 19.4 Å². The minimum Gasteiger partial charge on any atom is -0.376 e. The lowest BCUT2D eigenvalue weighted by molar-refractivity contribution is 0.0141. The van der Waals surface area contributed by atoms with Gasteiger partial charge in [0.1, 0.15) is 5.82 Å². The maximum absolute atomic E-state index is 13.1. The highest BCUT2D eigenvalue weighted by atomic mass is 79.9. The molecule has 4 heteroatoms. The minimum atomic E-state index is -0.264. The van der Waals surface area contributed by atoms with Gasteiger partial charge in [0.2, 0.25) is 0 Å². The molecule has 0 aliphatic carbocycles. The standard InChI is InChI=1S/C12H16BrFO2/c1-9(2)16-7-6-15-8-10-4-3-5-11(14)12(10)13/h3-5,9H,6-8H2,1-2H3. The van der Waals surface area contributed by atoms with Crippen LogP contribution in [-0.2, 0) is 16.1 Å². The highest BCUT2D eigenvalue weighted by Gasteiger charge is 2.04. The Labute approximate surface area is 104 Å². The van der Waals surface area contributed by atoms with E-state index in [0.29, 0.717) is 24.3 Å². The molecule has 0 bridgehead atoms. The molecule has 0 fully saturated rings. The second kappa shape index (κ2) is 6.99. The largest absolute Gasteiger partial charge is 0.376 e. The second-order valence-electron chi connectivity index (χ2n) is 3.69. The van der Waals surface area contributed by atoms with Crippen LogP contribution in [0.5, 0.6) is 0 Å². The predicted molar refractivity (Wildman–Crippen MR) is 64.8 cm³/mol. The van der Waals surface area contributed by atoms with Crippen molar-refractivity contribution in [3.63, 3.8) is 0 Å². The van der Waals surface area contributed by atoms with Gasteiger partial charge in [0.25, 0.3) is 0 Å². The van der Waals surface area contributed by atoms with Gasteiger partial charge in [-0.25, -0.2) is 4.39 Å². The van der Waals surface area contributed by atoms with E-state index in [9.17, 15) is 4.39 Å². The van der Waals surface area contributed by atoms with Gasteiger partial charge in [-0.15, -0.1) is 0 Å². The van der Waals surface area contributed by atoms with Crippen molar-refractivity contribution in [2.24, 2.45) is 0 Å². The van der Waals surface area contributed by atoms with Crippen LogP contribution in [-0.4, -0.2) is 19.3 Å². The van der Waals surface area contributed by atoms with Gasteiger partial charge in [0.15, 0.2) is 0 Å². The fourth-order valence-corrected chi connectivity index (χ4v) is 1.56. The molecule has 2 nitrogen and oxygen atoms in total. The molecule has 1 aromatic carbocycles. The SMILES string of the molecule is CC(C)OCCOCc1cccc(F)c1Br. The van der Waals surface area contributed by atoms with Crippen LogP contribution in [0.2, 0.25) is 0 Å². The van der Waals surface area contributed by atoms with Gasteiger partial charge in [0, 0.05) is 0 Å². The lowest BCUT2D eigenvalue weighted by atomic mass is 10.2. The fourth-order valence-electron chi connectivity index (χ4n) is 1.18. The number of hydrogen-bond acceptors (Lipinski definition) is 2. The van der Waals surface area contributed by atoms with Crippen LogP contribution in [0.15, 0.2) is 22.7 Å². The van der Waals surface area contributed by atoms with Gasteiger partial charge in [-0.1, -0.05) is 12.1 Å². The van der Waals surface area contributed by atoms with Crippen molar-refractivity contribution in [1.29, 1.82) is 0 Å². The number of ether oxygens (including phenoxy) is 2. The Hall–Kier alpha value is -0.450. The van der Waals surface area contributed by atoms with Crippen molar-refractivity contribution in [2.75, 3.05) is 13.2 Å². The summed E-state index contributed by atoms with van der Waals surface area (Å²) in [6.07, 6.45) is 0.213. The molecular formula is C12H16BrFO2. The first-order valence-corrected chi connectivity index (χ1v) is 6.02. The zero-order chi connectivity index (χ0) is 12.0. The molecule has 0 saturated heterocycles. The molecular weight excluding hydrogens is 275 g/mol. The zero-order valence-corrected chi connectivity index (χ0v) is 11.1. The monoisotopic (exact) mass is 290 g/mol. The third-order valence-corrected chi connectivity index (χ3v) is 2.86. The van der Waals surface area contributed by atoms with E-state index in [0.717, 1.165) is 5.56 Å². The molecule has 0 aliphatic heterocycles. The Morgan fingerprint density at radius 3 is 2.75 bits per heavy atom. The minimum absolute atomic E-state index is 0.213. The van der Waals surface area contributed by atoms with E-state index in [1.54, 1.807) is 6.07 Å². The summed E-state index contributed by atoms with van der Waals surface area (Å²) in [7, 11) is 0. The first kappa shape index (κ1) is 13.6. The van der Waals surface area contributed by atoms with E-state index < -0.39 is 0 Å². The fraction of sp³-hybridized carbons (Fsp3) is 0.500. The van der Waals surface area contributed by atoms with Crippen LogP contribution in [0.4, 0.5) is 4.39 Å². The highest BCUT2D eigenvalue weighted by Crippen LogP contribution is 2.20. The molecule has 0 heterocycles. The number of rotatable bonds is 6. The van der Waals surface area contributed by atoms with Gasteiger partial charge in [-0.2, -0.15) is 0 Å². The first-order valence-electron chi connectivity index (χ1n) is 5.23. The Balaban J connectivity index is 2.29. The van der Waals surface area contributed by atoms with Crippen molar-refractivity contribution in [1.82, 2.24) is 0 Å². The summed E-state index contributed by atoms with van der Waals surface area (Å²) in [6.45, 7) is 5.41. The van der Waals surface area contributed by atoms with Crippen molar-refractivity contribution in [3.8, 4) is 0 Å². The molecule has 0 amide bonds. The lowest BCUT2D eigenvalue weighted by Crippen LogP contribution is -2.09. The van der Waals surface area contributed by atoms with E-state index in [4.69, 9.17) is 9.47 Å². The predicted octanol–water partition coefficient (Wildman–Crippen LogP) is 3.53. The summed E-state index contributed by atoms with van der Waals surface area (Å²) >= 11 is 3.19. The molecule has 0 spiro atoms. The Morgan fingerprint density at radius 2 is 2.06 bits per heavy atom. The molecule has 16 heavy (non-hydrogen) atoms. The van der Waals surface area contributed by atoms with E-state index in [-0.39, 0.29) is 11.9 Å². The van der Waals surface area contributed by atoms with E-state index >= 15 is 0 Å². The van der Waals surface area contributed by atoms with Crippen LogP contribution >= 0.6 is 15.9 Å². The maximum Gasteiger partial charge on any atom is 0.137 e. The molecule has 1 rings (SSSR count). The smallest absolute Gasteiger partial charge is 0.137 e. The average molecular weight is 291 g/mol. The topological polar surface area (TPSA) is 18.5 Å². The third kappa shape index (κ3) is 4.60. The van der Waals surface area contributed by atoms with E-state index in [2.05, 4.69) is 15.9 Å². The quantitative estimate of drug-likeness (QED) is 0.746. The number of halogens is 2. The van der Waals surface area contributed by atoms with Crippen LogP contribution < -0.4 is 0 Å². The third-order valence-electron chi connectivity index (χ3n) is 1.97. The van der Waals surface area contributed by atoms with E-state index in [1.807, 2.05) is 19.9 Å². The Kier molecular flexibility index (Phi) is 5.95. The molecule has 90 valence electrons. The molecule has 0 unspecified atom stereocenters. The number of benzene rings is 1. The summed E-state index contributed by atoms with van der Waals surface area (Å²) in [6, 6.07) is 4.91. The maximum atomic E-state index is 13.1. The molecule has 1 aromatic rings. The number of hydrogen-bond donors (Lipinski definition) is 0. The van der Waals surface area contributed by atoms with E-state index in [1.165, 1.54) is 6.07 Å². The van der Waals surface area contributed by atoms with Crippen molar-refractivity contribution in [3.05, 3.63) is 34.1 Å².